The van der Waals surface area contributed by atoms with Crippen LogP contribution in [0.1, 0.15) is 18.0 Å². The highest BCUT2D eigenvalue weighted by Gasteiger charge is 2.15. The van der Waals surface area contributed by atoms with E-state index >= 15 is 0 Å². The summed E-state index contributed by atoms with van der Waals surface area (Å²) in [5.74, 6) is 1.10. The minimum Gasteiger partial charge on any atom is -0.368 e. The van der Waals surface area contributed by atoms with Crippen LogP contribution >= 0.6 is 23.4 Å². The second-order valence-corrected chi connectivity index (χ2v) is 7.64. The first kappa shape index (κ1) is 19.9. The highest BCUT2D eigenvalue weighted by molar-refractivity contribution is 8.00. The maximum absolute atomic E-state index is 12.2. The number of benzene rings is 2. The van der Waals surface area contributed by atoms with Gasteiger partial charge >= 0.3 is 0 Å². The van der Waals surface area contributed by atoms with Gasteiger partial charge in [0, 0.05) is 16.4 Å². The van der Waals surface area contributed by atoms with E-state index in [4.69, 9.17) is 17.3 Å². The van der Waals surface area contributed by atoms with Crippen LogP contribution in [0.15, 0.2) is 54.6 Å². The molecule has 3 aromatic rings. The molecule has 144 valence electrons. The highest BCUT2D eigenvalue weighted by Crippen LogP contribution is 2.27. The number of nitrogen functional groups attached to an aromatic ring is 1. The number of anilines is 4. The van der Waals surface area contributed by atoms with Crippen LogP contribution < -0.4 is 16.4 Å². The molecule has 0 spiro atoms. The van der Waals surface area contributed by atoms with Gasteiger partial charge in [0.1, 0.15) is 5.82 Å². The van der Waals surface area contributed by atoms with Gasteiger partial charge in [0.2, 0.25) is 17.8 Å². The quantitative estimate of drug-likeness (QED) is 0.529. The Labute approximate surface area is 172 Å². The molecular weight excluding hydrogens is 396 g/mol. The zero-order valence-electron chi connectivity index (χ0n) is 15.1. The Bertz CT molecular complexity index is 956. The maximum Gasteiger partial charge on any atom is 0.234 e. The monoisotopic (exact) mass is 414 g/mol. The minimum absolute atomic E-state index is 0.124. The second kappa shape index (κ2) is 9.38. The normalized spacial score (nSPS) is 11.6. The Morgan fingerprint density at radius 1 is 1.11 bits per heavy atom. The van der Waals surface area contributed by atoms with Gasteiger partial charge in [0.05, 0.1) is 11.0 Å². The molecule has 0 aliphatic carbocycles. The van der Waals surface area contributed by atoms with E-state index in [-0.39, 0.29) is 22.9 Å². The minimum atomic E-state index is -0.147. The van der Waals surface area contributed by atoms with Gasteiger partial charge in [-0.05, 0) is 37.3 Å². The molecule has 3 rings (SSSR count). The molecule has 0 radical (unpaired) electrons. The van der Waals surface area contributed by atoms with Crippen LogP contribution in [0, 0.1) is 0 Å². The summed E-state index contributed by atoms with van der Waals surface area (Å²) in [6.45, 7) is 1.92. The first-order chi connectivity index (χ1) is 13.5. The fourth-order valence-electron chi connectivity index (χ4n) is 2.34. The molecule has 1 amide bonds. The summed E-state index contributed by atoms with van der Waals surface area (Å²) in [6.07, 6.45) is 0. The highest BCUT2D eigenvalue weighted by atomic mass is 35.5. The molecule has 4 N–H and O–H groups in total. The molecule has 9 heteroatoms. The van der Waals surface area contributed by atoms with Crippen molar-refractivity contribution in [1.29, 1.82) is 0 Å². The molecule has 0 bridgehead atoms. The van der Waals surface area contributed by atoms with E-state index in [1.807, 2.05) is 37.3 Å². The van der Waals surface area contributed by atoms with Crippen molar-refractivity contribution in [1.82, 2.24) is 15.0 Å². The number of carbonyl (C=O) groups is 1. The summed E-state index contributed by atoms with van der Waals surface area (Å²) in [7, 11) is 0. The molecule has 1 atom stereocenters. The molecule has 28 heavy (non-hydrogen) atoms. The van der Waals surface area contributed by atoms with Crippen molar-refractivity contribution in [3.63, 3.8) is 0 Å². The number of carbonyl (C=O) groups excluding carboxylic acids is 1. The third-order valence-corrected chi connectivity index (χ3v) is 5.01. The number of hydrogen-bond acceptors (Lipinski definition) is 7. The van der Waals surface area contributed by atoms with Crippen molar-refractivity contribution in [2.75, 3.05) is 22.1 Å². The predicted molar refractivity (Wildman–Crippen MR) is 115 cm³/mol. The molecule has 0 aliphatic heterocycles. The van der Waals surface area contributed by atoms with E-state index in [0.717, 1.165) is 5.69 Å². The largest absolute Gasteiger partial charge is 0.368 e. The first-order valence-corrected chi connectivity index (χ1v) is 9.93. The number of rotatable bonds is 7. The van der Waals surface area contributed by atoms with Gasteiger partial charge in [-0.25, -0.2) is 0 Å². The van der Waals surface area contributed by atoms with Crippen LogP contribution in [0.5, 0.6) is 0 Å². The first-order valence-electron chi connectivity index (χ1n) is 8.50. The van der Waals surface area contributed by atoms with Crippen LogP contribution in [0.4, 0.5) is 23.3 Å². The van der Waals surface area contributed by atoms with Crippen LogP contribution in [-0.4, -0.2) is 26.6 Å². The van der Waals surface area contributed by atoms with Crippen molar-refractivity contribution >= 4 is 52.5 Å². The average molecular weight is 415 g/mol. The van der Waals surface area contributed by atoms with Crippen molar-refractivity contribution in [2.24, 2.45) is 0 Å². The number of para-hydroxylation sites is 1. The second-order valence-electron chi connectivity index (χ2n) is 5.88. The molecule has 2 aromatic carbocycles. The van der Waals surface area contributed by atoms with Crippen LogP contribution in [-0.2, 0) is 4.79 Å². The summed E-state index contributed by atoms with van der Waals surface area (Å²) in [5.41, 5.74) is 7.32. The maximum atomic E-state index is 12.2. The van der Waals surface area contributed by atoms with E-state index in [1.165, 1.54) is 11.8 Å². The molecule has 7 nitrogen and oxygen atoms in total. The molecule has 1 aromatic heterocycles. The fraction of sp³-hybridized carbons (Fsp3) is 0.158. The molecule has 0 saturated carbocycles. The number of thioether (sulfide) groups is 1. The van der Waals surface area contributed by atoms with Gasteiger partial charge in [-0.15, -0.1) is 11.8 Å². The average Bonchev–Trinajstić information content (AvgIpc) is 2.66. The number of nitrogens with one attached hydrogen (secondary N) is 2. The van der Waals surface area contributed by atoms with Gasteiger partial charge in [-0.1, -0.05) is 35.9 Å². The van der Waals surface area contributed by atoms with Crippen molar-refractivity contribution in [3.8, 4) is 0 Å². The van der Waals surface area contributed by atoms with Gasteiger partial charge in [-0.2, -0.15) is 15.0 Å². The Morgan fingerprint density at radius 2 is 1.86 bits per heavy atom. The summed E-state index contributed by atoms with van der Waals surface area (Å²) in [6, 6.07) is 16.5. The zero-order valence-corrected chi connectivity index (χ0v) is 16.7. The van der Waals surface area contributed by atoms with Gasteiger partial charge in [0.15, 0.2) is 0 Å². The number of nitrogens with zero attached hydrogens (tertiary/aromatic N) is 3. The molecule has 0 aliphatic rings. The SMILES string of the molecule is C[C@@H](SCC(=O)Nc1cccc(Cl)c1)c1nc(N)nc(Nc2ccccc2)n1. The third kappa shape index (κ3) is 5.83. The zero-order chi connectivity index (χ0) is 19.9. The lowest BCUT2D eigenvalue weighted by Crippen LogP contribution is -2.15. The summed E-state index contributed by atoms with van der Waals surface area (Å²) in [5, 5.41) is 6.33. The Kier molecular flexibility index (Phi) is 6.67. The van der Waals surface area contributed by atoms with Gasteiger partial charge in [0.25, 0.3) is 0 Å². The lowest BCUT2D eigenvalue weighted by molar-refractivity contribution is -0.113. The van der Waals surface area contributed by atoms with Crippen molar-refractivity contribution in [3.05, 3.63) is 65.4 Å². The van der Waals surface area contributed by atoms with E-state index in [9.17, 15) is 4.79 Å². The fourth-order valence-corrected chi connectivity index (χ4v) is 3.25. The number of aromatic nitrogens is 3. The molecule has 0 unspecified atom stereocenters. The van der Waals surface area contributed by atoms with Gasteiger partial charge in [-0.3, -0.25) is 4.79 Å². The molecule has 0 fully saturated rings. The Balaban J connectivity index is 1.60. The van der Waals surface area contributed by atoms with E-state index in [2.05, 4.69) is 25.6 Å². The van der Waals surface area contributed by atoms with E-state index in [0.29, 0.717) is 22.5 Å². The Morgan fingerprint density at radius 3 is 2.61 bits per heavy atom. The molecule has 1 heterocycles. The smallest absolute Gasteiger partial charge is 0.234 e. The number of halogens is 1. The Hall–Kier alpha value is -2.84. The van der Waals surface area contributed by atoms with E-state index in [1.54, 1.807) is 24.3 Å². The topological polar surface area (TPSA) is 106 Å². The molecular formula is C19H19ClN6OS. The van der Waals surface area contributed by atoms with Crippen molar-refractivity contribution < 1.29 is 4.79 Å². The standard InChI is InChI=1S/C19H19ClN6OS/c1-12(28-11-16(27)22-15-9-5-6-13(20)10-15)17-24-18(21)26-19(25-17)23-14-7-3-2-4-8-14/h2-10,12H,11H2,1H3,(H,22,27)(H3,21,23,24,25,26)/t12-/m1/s1. The lowest BCUT2D eigenvalue weighted by atomic mass is 10.3. The summed E-state index contributed by atoms with van der Waals surface area (Å²) >= 11 is 7.33. The number of amides is 1. The summed E-state index contributed by atoms with van der Waals surface area (Å²) < 4.78 is 0. The van der Waals surface area contributed by atoms with Crippen LogP contribution in [0.3, 0.4) is 0 Å². The molecule has 0 saturated heterocycles. The van der Waals surface area contributed by atoms with E-state index < -0.39 is 0 Å². The number of nitrogens with two attached hydrogens (primary N) is 1. The van der Waals surface area contributed by atoms with Crippen LogP contribution in [0.2, 0.25) is 5.02 Å². The lowest BCUT2D eigenvalue weighted by Gasteiger charge is -2.12. The predicted octanol–water partition coefficient (Wildman–Crippen LogP) is 4.28. The number of hydrogen-bond donors (Lipinski definition) is 3. The van der Waals surface area contributed by atoms with Gasteiger partial charge < -0.3 is 16.4 Å². The third-order valence-electron chi connectivity index (χ3n) is 3.64. The van der Waals surface area contributed by atoms with Crippen molar-refractivity contribution in [2.45, 2.75) is 12.2 Å². The van der Waals surface area contributed by atoms with Crippen LogP contribution in [0.25, 0.3) is 0 Å². The summed E-state index contributed by atoms with van der Waals surface area (Å²) in [4.78, 5) is 24.9.